The Morgan fingerprint density at radius 3 is 3.00 bits per heavy atom. The molecule has 1 N–H and O–H groups in total. The normalized spacial score (nSPS) is 10.8. The summed E-state index contributed by atoms with van der Waals surface area (Å²) >= 11 is 6.09. The standard InChI is InChI=1S/C13H16ClN5O2/c1-2-6-15-7-13-16-9-17-18(13)8-10-11(14)4-3-5-12(10)19(20)21/h3-5,9,15H,2,6-8H2,1H3. The molecule has 0 spiro atoms. The van der Waals surface area contributed by atoms with Gasteiger partial charge in [-0.3, -0.25) is 10.1 Å². The first-order chi connectivity index (χ1) is 10.1. The quantitative estimate of drug-likeness (QED) is 0.482. The predicted molar refractivity (Wildman–Crippen MR) is 79.2 cm³/mol. The molecule has 1 aromatic carbocycles. The molecule has 0 aliphatic rings. The van der Waals surface area contributed by atoms with Gasteiger partial charge < -0.3 is 5.32 Å². The lowest BCUT2D eigenvalue weighted by Crippen LogP contribution is -2.19. The number of benzene rings is 1. The van der Waals surface area contributed by atoms with Gasteiger partial charge in [0.25, 0.3) is 5.69 Å². The third-order valence-electron chi connectivity index (χ3n) is 3.00. The maximum atomic E-state index is 11.1. The van der Waals surface area contributed by atoms with Crippen LogP contribution in [-0.2, 0) is 13.1 Å². The third-order valence-corrected chi connectivity index (χ3v) is 3.36. The molecule has 0 fully saturated rings. The number of aromatic nitrogens is 3. The van der Waals surface area contributed by atoms with E-state index in [1.54, 1.807) is 16.8 Å². The minimum atomic E-state index is -0.437. The van der Waals surface area contributed by atoms with E-state index in [1.165, 1.54) is 12.4 Å². The fourth-order valence-corrected chi connectivity index (χ4v) is 2.19. The molecule has 0 unspecified atom stereocenters. The van der Waals surface area contributed by atoms with E-state index in [4.69, 9.17) is 11.6 Å². The van der Waals surface area contributed by atoms with Crippen LogP contribution in [0.2, 0.25) is 5.02 Å². The molecule has 2 aromatic rings. The van der Waals surface area contributed by atoms with E-state index in [-0.39, 0.29) is 12.2 Å². The molecule has 0 amide bonds. The fourth-order valence-electron chi connectivity index (χ4n) is 1.96. The van der Waals surface area contributed by atoms with E-state index in [1.807, 2.05) is 0 Å². The van der Waals surface area contributed by atoms with Crippen molar-refractivity contribution in [2.75, 3.05) is 6.54 Å². The van der Waals surface area contributed by atoms with Crippen LogP contribution >= 0.6 is 11.6 Å². The summed E-state index contributed by atoms with van der Waals surface area (Å²) in [6.07, 6.45) is 2.45. The molecule has 0 saturated heterocycles. The Hall–Kier alpha value is -1.99. The smallest absolute Gasteiger partial charge is 0.275 e. The van der Waals surface area contributed by atoms with Gasteiger partial charge in [0.1, 0.15) is 12.2 Å². The molecule has 0 aliphatic heterocycles. The first-order valence-electron chi connectivity index (χ1n) is 6.62. The van der Waals surface area contributed by atoms with Gasteiger partial charge in [-0.15, -0.1) is 0 Å². The second kappa shape index (κ2) is 7.14. The fraction of sp³-hybridized carbons (Fsp3) is 0.385. The van der Waals surface area contributed by atoms with Crippen molar-refractivity contribution in [2.45, 2.75) is 26.4 Å². The molecule has 2 rings (SSSR count). The average molecular weight is 310 g/mol. The van der Waals surface area contributed by atoms with Crippen LogP contribution in [0, 0.1) is 10.1 Å². The Kier molecular flexibility index (Phi) is 5.24. The summed E-state index contributed by atoms with van der Waals surface area (Å²) < 4.78 is 1.62. The van der Waals surface area contributed by atoms with Crippen LogP contribution in [0.25, 0.3) is 0 Å². The van der Waals surface area contributed by atoms with Gasteiger partial charge in [-0.25, -0.2) is 9.67 Å². The van der Waals surface area contributed by atoms with Gasteiger partial charge in [0.15, 0.2) is 0 Å². The molecule has 8 heteroatoms. The molecular weight excluding hydrogens is 294 g/mol. The molecule has 7 nitrogen and oxygen atoms in total. The lowest BCUT2D eigenvalue weighted by atomic mass is 10.2. The monoisotopic (exact) mass is 309 g/mol. The first kappa shape index (κ1) is 15.4. The van der Waals surface area contributed by atoms with Gasteiger partial charge in [-0.05, 0) is 19.0 Å². The lowest BCUT2D eigenvalue weighted by molar-refractivity contribution is -0.385. The molecular formula is C13H16ClN5O2. The van der Waals surface area contributed by atoms with Crippen molar-refractivity contribution in [1.29, 1.82) is 0 Å². The van der Waals surface area contributed by atoms with Crippen molar-refractivity contribution in [3.63, 3.8) is 0 Å². The van der Waals surface area contributed by atoms with Crippen molar-refractivity contribution in [3.05, 3.63) is 51.1 Å². The highest BCUT2D eigenvalue weighted by atomic mass is 35.5. The molecule has 0 saturated carbocycles. The second-order valence-electron chi connectivity index (χ2n) is 4.51. The van der Waals surface area contributed by atoms with Crippen molar-refractivity contribution in [3.8, 4) is 0 Å². The number of hydrogen-bond donors (Lipinski definition) is 1. The van der Waals surface area contributed by atoms with E-state index in [2.05, 4.69) is 22.3 Å². The van der Waals surface area contributed by atoms with Crippen LogP contribution in [0.1, 0.15) is 24.7 Å². The second-order valence-corrected chi connectivity index (χ2v) is 4.91. The topological polar surface area (TPSA) is 85.9 Å². The maximum absolute atomic E-state index is 11.1. The Morgan fingerprint density at radius 1 is 1.48 bits per heavy atom. The minimum Gasteiger partial charge on any atom is -0.310 e. The van der Waals surface area contributed by atoms with Crippen LogP contribution in [0.4, 0.5) is 5.69 Å². The number of rotatable bonds is 7. The molecule has 0 atom stereocenters. The zero-order chi connectivity index (χ0) is 15.2. The molecule has 1 heterocycles. The van der Waals surface area contributed by atoms with Gasteiger partial charge in [0, 0.05) is 6.07 Å². The van der Waals surface area contributed by atoms with Crippen molar-refractivity contribution in [2.24, 2.45) is 0 Å². The van der Waals surface area contributed by atoms with Crippen LogP contribution < -0.4 is 5.32 Å². The highest BCUT2D eigenvalue weighted by molar-refractivity contribution is 6.31. The van der Waals surface area contributed by atoms with E-state index in [9.17, 15) is 10.1 Å². The Morgan fingerprint density at radius 2 is 2.29 bits per heavy atom. The predicted octanol–water partition coefficient (Wildman–Crippen LogP) is 2.39. The number of nitro groups is 1. The maximum Gasteiger partial charge on any atom is 0.275 e. The van der Waals surface area contributed by atoms with Crippen LogP contribution in [0.5, 0.6) is 0 Å². The molecule has 0 bridgehead atoms. The van der Waals surface area contributed by atoms with Crippen LogP contribution in [-0.4, -0.2) is 26.2 Å². The van der Waals surface area contributed by atoms with Crippen molar-refractivity contribution < 1.29 is 4.92 Å². The largest absolute Gasteiger partial charge is 0.310 e. The summed E-state index contributed by atoms with van der Waals surface area (Å²) in [6, 6.07) is 4.64. The highest BCUT2D eigenvalue weighted by Crippen LogP contribution is 2.27. The number of hydrogen-bond acceptors (Lipinski definition) is 5. The number of halogens is 1. The van der Waals surface area contributed by atoms with Crippen LogP contribution in [0.15, 0.2) is 24.5 Å². The Bertz CT molecular complexity index is 629. The third kappa shape index (κ3) is 3.77. The number of nitrogens with one attached hydrogen (secondary N) is 1. The van der Waals surface area contributed by atoms with E-state index < -0.39 is 4.92 Å². The molecule has 0 aliphatic carbocycles. The highest BCUT2D eigenvalue weighted by Gasteiger charge is 2.18. The van der Waals surface area contributed by atoms with E-state index >= 15 is 0 Å². The molecule has 112 valence electrons. The summed E-state index contributed by atoms with van der Waals surface area (Å²) in [5.41, 5.74) is 0.428. The summed E-state index contributed by atoms with van der Waals surface area (Å²) in [4.78, 5) is 14.8. The molecule has 0 radical (unpaired) electrons. The Balaban J connectivity index is 2.23. The first-order valence-corrected chi connectivity index (χ1v) is 7.00. The minimum absolute atomic E-state index is 0.00883. The van der Waals surface area contributed by atoms with Gasteiger partial charge in [0.05, 0.1) is 28.6 Å². The Labute approximate surface area is 127 Å². The summed E-state index contributed by atoms with van der Waals surface area (Å²) in [5.74, 6) is 0.720. The summed E-state index contributed by atoms with van der Waals surface area (Å²) in [5, 5.41) is 18.8. The van der Waals surface area contributed by atoms with E-state index in [0.29, 0.717) is 17.1 Å². The average Bonchev–Trinajstić information content (AvgIpc) is 2.88. The summed E-state index contributed by atoms with van der Waals surface area (Å²) in [7, 11) is 0. The van der Waals surface area contributed by atoms with Crippen molar-refractivity contribution in [1.82, 2.24) is 20.1 Å². The van der Waals surface area contributed by atoms with Gasteiger partial charge >= 0.3 is 0 Å². The summed E-state index contributed by atoms with van der Waals surface area (Å²) in [6.45, 7) is 3.73. The molecule has 21 heavy (non-hydrogen) atoms. The van der Waals surface area contributed by atoms with Gasteiger partial charge in [-0.2, -0.15) is 5.10 Å². The van der Waals surface area contributed by atoms with Gasteiger partial charge in [-0.1, -0.05) is 24.6 Å². The van der Waals surface area contributed by atoms with E-state index in [0.717, 1.165) is 18.8 Å². The molecule has 1 aromatic heterocycles. The van der Waals surface area contributed by atoms with Crippen LogP contribution in [0.3, 0.4) is 0 Å². The zero-order valence-corrected chi connectivity index (χ0v) is 12.4. The number of nitro benzene ring substituents is 1. The SMILES string of the molecule is CCCNCc1ncnn1Cc1c(Cl)cccc1[N+](=O)[O-]. The zero-order valence-electron chi connectivity index (χ0n) is 11.6. The van der Waals surface area contributed by atoms with Crippen molar-refractivity contribution >= 4 is 17.3 Å². The number of nitrogens with zero attached hydrogens (tertiary/aromatic N) is 4. The lowest BCUT2D eigenvalue weighted by Gasteiger charge is -2.09. The van der Waals surface area contributed by atoms with Gasteiger partial charge in [0.2, 0.25) is 0 Å².